The standard InChI is InChI=1S/C25H29N5O3/c1-16-11-17(2)30(28-16)23-10-9-22(13-26-23)24(31)27-12-20-5-7-21(8-6-20)25(32)29-14-18(3)33-19(4)15-29/h5-11,13,18-19H,12,14-15H2,1-4H3,(H,27,31). The van der Waals surface area contributed by atoms with Crippen LogP contribution in [0.25, 0.3) is 5.82 Å². The summed E-state index contributed by atoms with van der Waals surface area (Å²) in [5.41, 5.74) is 3.92. The van der Waals surface area contributed by atoms with Crippen LogP contribution in [0.2, 0.25) is 0 Å². The molecule has 1 N–H and O–H groups in total. The highest BCUT2D eigenvalue weighted by Gasteiger charge is 2.26. The zero-order chi connectivity index (χ0) is 23.5. The Morgan fingerprint density at radius 1 is 1.03 bits per heavy atom. The second-order valence-corrected chi connectivity index (χ2v) is 8.59. The second kappa shape index (κ2) is 9.54. The summed E-state index contributed by atoms with van der Waals surface area (Å²) >= 11 is 0. The molecule has 1 aliphatic heterocycles. The minimum Gasteiger partial charge on any atom is -0.372 e. The van der Waals surface area contributed by atoms with Crippen LogP contribution in [0.3, 0.4) is 0 Å². The van der Waals surface area contributed by atoms with Gasteiger partial charge in [-0.3, -0.25) is 9.59 Å². The van der Waals surface area contributed by atoms with Crippen LogP contribution < -0.4 is 5.32 Å². The first-order valence-corrected chi connectivity index (χ1v) is 11.1. The monoisotopic (exact) mass is 447 g/mol. The maximum absolute atomic E-state index is 12.8. The fraction of sp³-hybridized carbons (Fsp3) is 0.360. The van der Waals surface area contributed by atoms with Gasteiger partial charge in [0.1, 0.15) is 0 Å². The van der Waals surface area contributed by atoms with Crippen LogP contribution in [0.4, 0.5) is 0 Å². The minimum atomic E-state index is -0.209. The number of aryl methyl sites for hydroxylation is 2. The van der Waals surface area contributed by atoms with Gasteiger partial charge in [-0.2, -0.15) is 5.10 Å². The highest BCUT2D eigenvalue weighted by atomic mass is 16.5. The van der Waals surface area contributed by atoms with Crippen molar-refractivity contribution in [2.24, 2.45) is 0 Å². The van der Waals surface area contributed by atoms with Gasteiger partial charge in [-0.05, 0) is 63.6 Å². The summed E-state index contributed by atoms with van der Waals surface area (Å²) < 4.78 is 7.45. The molecule has 1 fully saturated rings. The maximum atomic E-state index is 12.8. The number of benzene rings is 1. The lowest BCUT2D eigenvalue weighted by Gasteiger charge is -2.35. The molecule has 0 bridgehead atoms. The van der Waals surface area contributed by atoms with Crippen molar-refractivity contribution >= 4 is 11.8 Å². The zero-order valence-corrected chi connectivity index (χ0v) is 19.4. The number of rotatable bonds is 5. The van der Waals surface area contributed by atoms with E-state index in [1.807, 2.05) is 50.8 Å². The van der Waals surface area contributed by atoms with Gasteiger partial charge in [0.05, 0.1) is 23.5 Å². The fourth-order valence-corrected chi connectivity index (χ4v) is 4.08. The fourth-order valence-electron chi connectivity index (χ4n) is 4.08. The first-order valence-electron chi connectivity index (χ1n) is 11.1. The normalized spacial score (nSPS) is 18.2. The van der Waals surface area contributed by atoms with E-state index in [0.717, 1.165) is 17.0 Å². The van der Waals surface area contributed by atoms with E-state index in [9.17, 15) is 9.59 Å². The summed E-state index contributed by atoms with van der Waals surface area (Å²) in [7, 11) is 0. The Labute approximate surface area is 193 Å². The number of carbonyl (C=O) groups excluding carboxylic acids is 2. The Bertz CT molecular complexity index is 1130. The number of amides is 2. The molecule has 172 valence electrons. The van der Waals surface area contributed by atoms with Gasteiger partial charge in [0.2, 0.25) is 0 Å². The van der Waals surface area contributed by atoms with Gasteiger partial charge in [0.15, 0.2) is 5.82 Å². The molecule has 33 heavy (non-hydrogen) atoms. The second-order valence-electron chi connectivity index (χ2n) is 8.59. The van der Waals surface area contributed by atoms with Gasteiger partial charge in [-0.15, -0.1) is 0 Å². The molecule has 0 saturated carbocycles. The van der Waals surface area contributed by atoms with E-state index < -0.39 is 0 Å². The Balaban J connectivity index is 1.34. The van der Waals surface area contributed by atoms with E-state index in [4.69, 9.17) is 4.74 Å². The summed E-state index contributed by atoms with van der Waals surface area (Å²) in [5, 5.41) is 7.31. The van der Waals surface area contributed by atoms with Crippen molar-refractivity contribution < 1.29 is 14.3 Å². The molecule has 0 radical (unpaired) electrons. The lowest BCUT2D eigenvalue weighted by atomic mass is 10.1. The van der Waals surface area contributed by atoms with Crippen LogP contribution in [0, 0.1) is 13.8 Å². The molecule has 2 aromatic heterocycles. The Hall–Kier alpha value is -3.52. The molecule has 8 heteroatoms. The molecule has 1 aliphatic rings. The van der Waals surface area contributed by atoms with Crippen molar-refractivity contribution in [3.05, 3.63) is 76.7 Å². The topological polar surface area (TPSA) is 89.4 Å². The van der Waals surface area contributed by atoms with Gasteiger partial charge in [-0.25, -0.2) is 9.67 Å². The molecule has 1 saturated heterocycles. The third-order valence-electron chi connectivity index (χ3n) is 5.60. The zero-order valence-electron chi connectivity index (χ0n) is 19.4. The van der Waals surface area contributed by atoms with E-state index in [0.29, 0.717) is 36.6 Å². The number of nitrogens with zero attached hydrogens (tertiary/aromatic N) is 4. The van der Waals surface area contributed by atoms with E-state index in [1.54, 1.807) is 35.1 Å². The molecule has 1 aromatic carbocycles. The van der Waals surface area contributed by atoms with Gasteiger partial charge in [0, 0.05) is 37.1 Å². The van der Waals surface area contributed by atoms with E-state index in [1.165, 1.54) is 0 Å². The van der Waals surface area contributed by atoms with Gasteiger partial charge < -0.3 is 15.0 Å². The summed E-state index contributed by atoms with van der Waals surface area (Å²) in [6.07, 6.45) is 1.61. The van der Waals surface area contributed by atoms with Gasteiger partial charge >= 0.3 is 0 Å². The van der Waals surface area contributed by atoms with Crippen molar-refractivity contribution in [3.8, 4) is 5.82 Å². The Morgan fingerprint density at radius 2 is 1.70 bits per heavy atom. The highest BCUT2D eigenvalue weighted by molar-refractivity contribution is 5.95. The average Bonchev–Trinajstić information content (AvgIpc) is 3.14. The average molecular weight is 448 g/mol. The van der Waals surface area contributed by atoms with Crippen LogP contribution in [0.5, 0.6) is 0 Å². The summed E-state index contributed by atoms with van der Waals surface area (Å²) in [6, 6.07) is 12.8. The number of nitrogens with one attached hydrogen (secondary N) is 1. The molecule has 2 atom stereocenters. The van der Waals surface area contributed by atoms with Crippen LogP contribution in [-0.4, -0.2) is 56.8 Å². The van der Waals surface area contributed by atoms with Crippen LogP contribution in [0.1, 0.15) is 51.5 Å². The number of carbonyl (C=O) groups is 2. The van der Waals surface area contributed by atoms with E-state index >= 15 is 0 Å². The maximum Gasteiger partial charge on any atom is 0.254 e. The predicted molar refractivity (Wildman–Crippen MR) is 124 cm³/mol. The molecular weight excluding hydrogens is 418 g/mol. The van der Waals surface area contributed by atoms with Crippen molar-refractivity contribution in [2.45, 2.75) is 46.4 Å². The molecule has 8 nitrogen and oxygen atoms in total. The van der Waals surface area contributed by atoms with Crippen molar-refractivity contribution in [3.63, 3.8) is 0 Å². The lowest BCUT2D eigenvalue weighted by molar-refractivity contribution is -0.0586. The van der Waals surface area contributed by atoms with E-state index in [2.05, 4.69) is 15.4 Å². The lowest BCUT2D eigenvalue weighted by Crippen LogP contribution is -2.48. The molecule has 2 unspecified atom stereocenters. The summed E-state index contributed by atoms with van der Waals surface area (Å²) in [6.45, 7) is 9.38. The molecule has 3 heterocycles. The highest BCUT2D eigenvalue weighted by Crippen LogP contribution is 2.15. The molecule has 0 aliphatic carbocycles. The number of ether oxygens (including phenoxy) is 1. The SMILES string of the molecule is Cc1cc(C)n(-c2ccc(C(=O)NCc3ccc(C(=O)N4CC(C)OC(C)C4)cc3)cn2)n1. The Morgan fingerprint density at radius 3 is 2.27 bits per heavy atom. The quantitative estimate of drug-likeness (QED) is 0.649. The summed E-state index contributed by atoms with van der Waals surface area (Å²) in [4.78, 5) is 31.5. The Kier molecular flexibility index (Phi) is 6.55. The first kappa shape index (κ1) is 22.7. The minimum absolute atomic E-state index is 0.00126. The largest absolute Gasteiger partial charge is 0.372 e. The summed E-state index contributed by atoms with van der Waals surface area (Å²) in [5.74, 6) is 0.460. The number of pyridine rings is 1. The van der Waals surface area contributed by atoms with Crippen molar-refractivity contribution in [1.29, 1.82) is 0 Å². The molecule has 2 amide bonds. The number of hydrogen-bond acceptors (Lipinski definition) is 5. The van der Waals surface area contributed by atoms with Gasteiger partial charge in [0.25, 0.3) is 11.8 Å². The molecule has 3 aromatic rings. The molecule has 4 rings (SSSR count). The van der Waals surface area contributed by atoms with E-state index in [-0.39, 0.29) is 24.0 Å². The van der Waals surface area contributed by atoms with Gasteiger partial charge in [-0.1, -0.05) is 12.1 Å². The van der Waals surface area contributed by atoms with Crippen molar-refractivity contribution in [1.82, 2.24) is 25.0 Å². The number of aromatic nitrogens is 3. The first-order chi connectivity index (χ1) is 15.8. The molecule has 0 spiro atoms. The number of morpholine rings is 1. The third kappa shape index (κ3) is 5.28. The smallest absolute Gasteiger partial charge is 0.254 e. The van der Waals surface area contributed by atoms with Crippen LogP contribution >= 0.6 is 0 Å². The molecular formula is C25H29N5O3. The number of hydrogen-bond donors (Lipinski definition) is 1. The predicted octanol–water partition coefficient (Wildman–Crippen LogP) is 3.06. The van der Waals surface area contributed by atoms with Crippen LogP contribution in [-0.2, 0) is 11.3 Å². The van der Waals surface area contributed by atoms with Crippen molar-refractivity contribution in [2.75, 3.05) is 13.1 Å². The third-order valence-corrected chi connectivity index (χ3v) is 5.60. The van der Waals surface area contributed by atoms with Crippen LogP contribution in [0.15, 0.2) is 48.7 Å².